The van der Waals surface area contributed by atoms with Crippen LogP contribution >= 0.6 is 0 Å². The normalized spacial score (nSPS) is 25.9. The molecule has 21 heavy (non-hydrogen) atoms. The summed E-state index contributed by atoms with van der Waals surface area (Å²) in [4.78, 5) is 2.46. The van der Waals surface area contributed by atoms with Crippen molar-refractivity contribution in [3.05, 3.63) is 29.8 Å². The molecule has 0 amide bonds. The minimum absolute atomic E-state index is 0.423. The largest absolute Gasteiger partial charge is 0.382 e. The first-order valence-corrected chi connectivity index (χ1v) is 8.29. The second-order valence-electron chi connectivity index (χ2n) is 7.16. The van der Waals surface area contributed by atoms with Gasteiger partial charge < -0.3 is 10.1 Å². The average Bonchev–Trinajstić information content (AvgIpc) is 2.81. The van der Waals surface area contributed by atoms with Crippen LogP contribution in [0.15, 0.2) is 24.3 Å². The molecule has 1 aliphatic heterocycles. The first-order valence-electron chi connectivity index (χ1n) is 8.29. The Balaban J connectivity index is 1.56. The lowest BCUT2D eigenvalue weighted by molar-refractivity contribution is 0.0342. The molecule has 1 atom stereocenters. The number of rotatable bonds is 4. The average molecular weight is 288 g/mol. The number of ether oxygens (including phenoxy) is 1. The van der Waals surface area contributed by atoms with E-state index < -0.39 is 0 Å². The molecule has 0 spiro atoms. The predicted molar refractivity (Wildman–Crippen MR) is 87.6 cm³/mol. The SMILES string of the molecule is CC1(C)CCCC1Nc1ccc(CN2CCOCC2)cc1. The molecule has 1 aromatic rings. The minimum atomic E-state index is 0.423. The Morgan fingerprint density at radius 1 is 1.19 bits per heavy atom. The summed E-state index contributed by atoms with van der Waals surface area (Å²) in [5.41, 5.74) is 3.08. The van der Waals surface area contributed by atoms with Gasteiger partial charge in [0, 0.05) is 31.4 Å². The number of morpholine rings is 1. The molecule has 3 nitrogen and oxygen atoms in total. The van der Waals surface area contributed by atoms with Crippen molar-refractivity contribution in [3.8, 4) is 0 Å². The maximum absolute atomic E-state index is 5.40. The van der Waals surface area contributed by atoms with Gasteiger partial charge in [0.25, 0.3) is 0 Å². The van der Waals surface area contributed by atoms with Crippen LogP contribution in [0.5, 0.6) is 0 Å². The molecule has 0 aromatic heterocycles. The summed E-state index contributed by atoms with van der Waals surface area (Å²) in [6.07, 6.45) is 3.97. The number of nitrogens with zero attached hydrogens (tertiary/aromatic N) is 1. The monoisotopic (exact) mass is 288 g/mol. The van der Waals surface area contributed by atoms with Crippen LogP contribution in [0, 0.1) is 5.41 Å². The van der Waals surface area contributed by atoms with E-state index >= 15 is 0 Å². The summed E-state index contributed by atoms with van der Waals surface area (Å²) in [6.45, 7) is 9.65. The van der Waals surface area contributed by atoms with Gasteiger partial charge in [-0.2, -0.15) is 0 Å². The third-order valence-electron chi connectivity index (χ3n) is 5.06. The van der Waals surface area contributed by atoms with Crippen LogP contribution in [-0.2, 0) is 11.3 Å². The molecule has 3 rings (SSSR count). The Hall–Kier alpha value is -1.06. The maximum Gasteiger partial charge on any atom is 0.0594 e. The van der Waals surface area contributed by atoms with Crippen molar-refractivity contribution in [2.75, 3.05) is 31.6 Å². The smallest absolute Gasteiger partial charge is 0.0594 e. The van der Waals surface area contributed by atoms with Crippen molar-refractivity contribution in [3.63, 3.8) is 0 Å². The Labute approximate surface area is 128 Å². The van der Waals surface area contributed by atoms with Gasteiger partial charge in [-0.1, -0.05) is 32.4 Å². The highest BCUT2D eigenvalue weighted by Crippen LogP contribution is 2.38. The van der Waals surface area contributed by atoms with E-state index in [1.807, 2.05) is 0 Å². The predicted octanol–water partition coefficient (Wildman–Crippen LogP) is 3.51. The van der Waals surface area contributed by atoms with Crippen LogP contribution in [0.4, 0.5) is 5.69 Å². The maximum atomic E-state index is 5.40. The lowest BCUT2D eigenvalue weighted by Gasteiger charge is -2.29. The lowest BCUT2D eigenvalue weighted by atomic mass is 9.87. The standard InChI is InChI=1S/C18H28N2O/c1-18(2)9-3-4-17(18)19-16-7-5-15(6-8-16)14-20-10-12-21-13-11-20/h5-8,17,19H,3-4,9-14H2,1-2H3. The van der Waals surface area contributed by atoms with Crippen molar-refractivity contribution in [2.45, 2.75) is 45.7 Å². The first-order chi connectivity index (χ1) is 10.1. The fraction of sp³-hybridized carbons (Fsp3) is 0.667. The van der Waals surface area contributed by atoms with E-state index in [2.05, 4.69) is 48.3 Å². The van der Waals surface area contributed by atoms with Gasteiger partial charge in [0.05, 0.1) is 13.2 Å². The van der Waals surface area contributed by atoms with Crippen LogP contribution in [0.2, 0.25) is 0 Å². The van der Waals surface area contributed by atoms with Crippen LogP contribution in [-0.4, -0.2) is 37.2 Å². The summed E-state index contributed by atoms with van der Waals surface area (Å²) in [7, 11) is 0. The summed E-state index contributed by atoms with van der Waals surface area (Å²) >= 11 is 0. The highest BCUT2D eigenvalue weighted by Gasteiger charge is 2.34. The second-order valence-corrected chi connectivity index (χ2v) is 7.16. The van der Waals surface area contributed by atoms with Crippen LogP contribution in [0.1, 0.15) is 38.7 Å². The highest BCUT2D eigenvalue weighted by molar-refractivity contribution is 5.46. The molecule has 1 N–H and O–H groups in total. The summed E-state index contributed by atoms with van der Waals surface area (Å²) in [5, 5.41) is 3.73. The fourth-order valence-electron chi connectivity index (χ4n) is 3.52. The molecule has 1 heterocycles. The molecule has 1 unspecified atom stereocenters. The summed E-state index contributed by atoms with van der Waals surface area (Å²) < 4.78 is 5.40. The molecule has 0 radical (unpaired) electrons. The van der Waals surface area contributed by atoms with Gasteiger partial charge in [0.15, 0.2) is 0 Å². The molecule has 2 aliphatic rings. The Bertz CT molecular complexity index is 449. The van der Waals surface area contributed by atoms with E-state index in [-0.39, 0.29) is 0 Å². The van der Waals surface area contributed by atoms with Crippen molar-refractivity contribution >= 4 is 5.69 Å². The zero-order valence-corrected chi connectivity index (χ0v) is 13.4. The van der Waals surface area contributed by atoms with Gasteiger partial charge in [0.1, 0.15) is 0 Å². The number of hydrogen-bond donors (Lipinski definition) is 1. The Morgan fingerprint density at radius 2 is 1.90 bits per heavy atom. The summed E-state index contributed by atoms with van der Waals surface area (Å²) in [5.74, 6) is 0. The molecule has 2 fully saturated rings. The van der Waals surface area contributed by atoms with Crippen LogP contribution in [0.3, 0.4) is 0 Å². The quantitative estimate of drug-likeness (QED) is 0.917. The van der Waals surface area contributed by atoms with E-state index in [1.165, 1.54) is 30.5 Å². The molecular weight excluding hydrogens is 260 g/mol. The summed E-state index contributed by atoms with van der Waals surface area (Å²) in [6, 6.07) is 9.62. The van der Waals surface area contributed by atoms with Crippen LogP contribution < -0.4 is 5.32 Å². The molecule has 1 aromatic carbocycles. The highest BCUT2D eigenvalue weighted by atomic mass is 16.5. The van der Waals surface area contributed by atoms with Crippen molar-refractivity contribution < 1.29 is 4.74 Å². The first kappa shape index (κ1) is 14.9. The molecule has 1 aliphatic carbocycles. The zero-order valence-electron chi connectivity index (χ0n) is 13.4. The Kier molecular flexibility index (Phi) is 4.51. The topological polar surface area (TPSA) is 24.5 Å². The molecule has 0 bridgehead atoms. The number of nitrogens with one attached hydrogen (secondary N) is 1. The third-order valence-corrected chi connectivity index (χ3v) is 5.06. The zero-order chi connectivity index (χ0) is 14.7. The van der Waals surface area contributed by atoms with Gasteiger partial charge in [-0.05, 0) is 36.0 Å². The number of anilines is 1. The number of hydrogen-bond acceptors (Lipinski definition) is 3. The molecular formula is C18H28N2O. The van der Waals surface area contributed by atoms with E-state index in [9.17, 15) is 0 Å². The molecule has 3 heteroatoms. The van der Waals surface area contributed by atoms with Crippen molar-refractivity contribution in [1.29, 1.82) is 0 Å². The second kappa shape index (κ2) is 6.37. The number of benzene rings is 1. The van der Waals surface area contributed by atoms with E-state index in [4.69, 9.17) is 4.74 Å². The van der Waals surface area contributed by atoms with E-state index in [0.717, 1.165) is 32.8 Å². The Morgan fingerprint density at radius 3 is 2.52 bits per heavy atom. The molecule has 1 saturated heterocycles. The van der Waals surface area contributed by atoms with Gasteiger partial charge in [-0.15, -0.1) is 0 Å². The van der Waals surface area contributed by atoms with Gasteiger partial charge in [-0.25, -0.2) is 0 Å². The van der Waals surface area contributed by atoms with Crippen molar-refractivity contribution in [1.82, 2.24) is 4.90 Å². The van der Waals surface area contributed by atoms with E-state index in [1.54, 1.807) is 0 Å². The van der Waals surface area contributed by atoms with Gasteiger partial charge in [0.2, 0.25) is 0 Å². The van der Waals surface area contributed by atoms with Gasteiger partial charge >= 0.3 is 0 Å². The fourth-order valence-corrected chi connectivity index (χ4v) is 3.52. The van der Waals surface area contributed by atoms with Crippen LogP contribution in [0.25, 0.3) is 0 Å². The molecule has 1 saturated carbocycles. The van der Waals surface area contributed by atoms with Crippen molar-refractivity contribution in [2.24, 2.45) is 5.41 Å². The van der Waals surface area contributed by atoms with Gasteiger partial charge in [-0.3, -0.25) is 4.90 Å². The minimum Gasteiger partial charge on any atom is -0.382 e. The van der Waals surface area contributed by atoms with E-state index in [0.29, 0.717) is 11.5 Å². The lowest BCUT2D eigenvalue weighted by Crippen LogP contribution is -2.35. The third kappa shape index (κ3) is 3.78. The molecule has 116 valence electrons.